The van der Waals surface area contributed by atoms with Crippen LogP contribution < -0.4 is 0 Å². The van der Waals surface area contributed by atoms with Gasteiger partial charge in [-0.1, -0.05) is 18.2 Å². The summed E-state index contributed by atoms with van der Waals surface area (Å²) in [5.74, 6) is 0. The van der Waals surface area contributed by atoms with Crippen molar-refractivity contribution in [2.75, 3.05) is 13.7 Å². The van der Waals surface area contributed by atoms with E-state index in [2.05, 4.69) is 23.2 Å². The van der Waals surface area contributed by atoms with Gasteiger partial charge in [0.25, 0.3) is 0 Å². The molecule has 1 amide bonds. The standard InChI is InChI=1S/C22H24N4O3/c1-14(29-2)20-22(7-9-25(20)21(27)28)8-10-26-19(22)12-18(24-26)16-11-15-5-3-4-6-17(15)23-13-16/h3-6,11-14,20H,7-10H2,1-2H3,(H,27,28). The smallest absolute Gasteiger partial charge is 0.407 e. The number of pyridine rings is 1. The molecule has 0 bridgehead atoms. The summed E-state index contributed by atoms with van der Waals surface area (Å²) in [6, 6.07) is 12.1. The van der Waals surface area contributed by atoms with E-state index in [-0.39, 0.29) is 17.6 Å². The Morgan fingerprint density at radius 2 is 2.07 bits per heavy atom. The molecule has 1 fully saturated rings. The maximum absolute atomic E-state index is 11.9. The molecule has 1 N–H and O–H groups in total. The average Bonchev–Trinajstić information content (AvgIpc) is 3.42. The van der Waals surface area contributed by atoms with Crippen LogP contribution in [-0.2, 0) is 16.7 Å². The maximum Gasteiger partial charge on any atom is 0.407 e. The summed E-state index contributed by atoms with van der Waals surface area (Å²) in [6.45, 7) is 3.27. The quantitative estimate of drug-likeness (QED) is 0.738. The van der Waals surface area contributed by atoms with Gasteiger partial charge in [-0.05, 0) is 38.0 Å². The number of amides is 1. The van der Waals surface area contributed by atoms with Gasteiger partial charge in [-0.15, -0.1) is 0 Å². The van der Waals surface area contributed by atoms with E-state index in [1.807, 2.05) is 36.0 Å². The van der Waals surface area contributed by atoms with Gasteiger partial charge in [0.05, 0.1) is 23.4 Å². The molecule has 5 rings (SSSR count). The first kappa shape index (κ1) is 18.1. The Hall–Kier alpha value is -2.93. The number of methoxy groups -OCH3 is 1. The summed E-state index contributed by atoms with van der Waals surface area (Å²) in [6.07, 6.45) is 2.46. The molecule has 1 saturated heterocycles. The molecule has 2 aliphatic rings. The molecule has 0 radical (unpaired) electrons. The third-order valence-corrected chi connectivity index (χ3v) is 6.71. The predicted molar refractivity (Wildman–Crippen MR) is 109 cm³/mol. The van der Waals surface area contributed by atoms with E-state index in [1.54, 1.807) is 12.0 Å². The molecule has 3 unspecified atom stereocenters. The number of nitrogens with zero attached hydrogens (tertiary/aromatic N) is 4. The van der Waals surface area contributed by atoms with Gasteiger partial charge in [0.1, 0.15) is 0 Å². The highest BCUT2D eigenvalue weighted by Crippen LogP contribution is 2.49. The zero-order valence-corrected chi connectivity index (χ0v) is 16.6. The minimum Gasteiger partial charge on any atom is -0.465 e. The average molecular weight is 392 g/mol. The van der Waals surface area contributed by atoms with Gasteiger partial charge in [0, 0.05) is 48.5 Å². The SMILES string of the molecule is COC(C)C1N(C(=O)O)CCC12CCn1nc(-c3cnc4ccccc4c3)cc12. The lowest BCUT2D eigenvalue weighted by molar-refractivity contribution is 0.0219. The van der Waals surface area contributed by atoms with Gasteiger partial charge in [0.2, 0.25) is 0 Å². The van der Waals surface area contributed by atoms with Crippen molar-refractivity contribution in [2.24, 2.45) is 0 Å². The van der Waals surface area contributed by atoms with E-state index in [0.29, 0.717) is 6.54 Å². The number of hydrogen-bond acceptors (Lipinski definition) is 4. The van der Waals surface area contributed by atoms with Crippen LogP contribution in [0.1, 0.15) is 25.5 Å². The molecule has 7 heteroatoms. The molecular weight excluding hydrogens is 368 g/mol. The number of aryl methyl sites for hydroxylation is 1. The highest BCUT2D eigenvalue weighted by Gasteiger charge is 2.56. The number of ether oxygens (including phenoxy) is 1. The highest BCUT2D eigenvalue weighted by molar-refractivity contribution is 5.82. The first-order valence-corrected chi connectivity index (χ1v) is 9.99. The van der Waals surface area contributed by atoms with Crippen LogP contribution in [0.4, 0.5) is 4.79 Å². The van der Waals surface area contributed by atoms with E-state index in [9.17, 15) is 9.90 Å². The molecule has 2 aromatic heterocycles. The van der Waals surface area contributed by atoms with Crippen LogP contribution in [-0.4, -0.2) is 56.7 Å². The fraction of sp³-hybridized carbons (Fsp3) is 0.409. The Kier molecular flexibility index (Phi) is 4.10. The summed E-state index contributed by atoms with van der Waals surface area (Å²) >= 11 is 0. The molecule has 3 aromatic rings. The molecule has 3 atom stereocenters. The number of carbonyl (C=O) groups is 1. The van der Waals surface area contributed by atoms with E-state index in [4.69, 9.17) is 9.84 Å². The summed E-state index contributed by atoms with van der Waals surface area (Å²) in [5, 5.41) is 15.7. The Morgan fingerprint density at radius 1 is 1.28 bits per heavy atom. The third kappa shape index (κ3) is 2.64. The van der Waals surface area contributed by atoms with E-state index < -0.39 is 6.09 Å². The van der Waals surface area contributed by atoms with Gasteiger partial charge < -0.3 is 14.7 Å². The topological polar surface area (TPSA) is 80.5 Å². The molecule has 0 saturated carbocycles. The van der Waals surface area contributed by atoms with Crippen LogP contribution in [0.25, 0.3) is 22.2 Å². The normalized spacial score (nSPS) is 24.3. The van der Waals surface area contributed by atoms with Gasteiger partial charge >= 0.3 is 6.09 Å². The summed E-state index contributed by atoms with van der Waals surface area (Å²) in [4.78, 5) is 18.0. The Balaban J connectivity index is 1.58. The molecule has 29 heavy (non-hydrogen) atoms. The minimum atomic E-state index is -0.882. The highest BCUT2D eigenvalue weighted by atomic mass is 16.5. The molecule has 150 valence electrons. The Bertz CT molecular complexity index is 1090. The van der Waals surface area contributed by atoms with Crippen LogP contribution in [0.15, 0.2) is 42.6 Å². The zero-order chi connectivity index (χ0) is 20.2. The lowest BCUT2D eigenvalue weighted by atomic mass is 9.74. The lowest BCUT2D eigenvalue weighted by Crippen LogP contribution is -2.50. The van der Waals surface area contributed by atoms with Crippen molar-refractivity contribution >= 4 is 17.0 Å². The number of rotatable bonds is 3. The Labute approximate surface area is 168 Å². The van der Waals surface area contributed by atoms with Crippen molar-refractivity contribution in [2.45, 2.75) is 43.9 Å². The van der Waals surface area contributed by atoms with E-state index in [0.717, 1.165) is 47.2 Å². The minimum absolute atomic E-state index is 0.194. The van der Waals surface area contributed by atoms with Crippen LogP contribution in [0.5, 0.6) is 0 Å². The van der Waals surface area contributed by atoms with Crippen molar-refractivity contribution in [3.63, 3.8) is 0 Å². The molecule has 0 aliphatic carbocycles. The second-order valence-electron chi connectivity index (χ2n) is 8.07. The number of fused-ring (bicyclic) bond motifs is 3. The van der Waals surface area contributed by atoms with Crippen molar-refractivity contribution < 1.29 is 14.6 Å². The van der Waals surface area contributed by atoms with Gasteiger partial charge in [0.15, 0.2) is 0 Å². The number of benzene rings is 1. The second-order valence-corrected chi connectivity index (χ2v) is 8.07. The molecule has 4 heterocycles. The first-order valence-electron chi connectivity index (χ1n) is 9.99. The molecule has 1 aromatic carbocycles. The van der Waals surface area contributed by atoms with Gasteiger partial charge in [-0.2, -0.15) is 5.10 Å². The fourth-order valence-corrected chi connectivity index (χ4v) is 5.28. The van der Waals surface area contributed by atoms with Crippen LogP contribution in [0.3, 0.4) is 0 Å². The number of carboxylic acid groups (broad SMARTS) is 1. The predicted octanol–water partition coefficient (Wildman–Crippen LogP) is 3.53. The first-order chi connectivity index (χ1) is 14.0. The summed E-state index contributed by atoms with van der Waals surface area (Å²) in [5.41, 5.74) is 3.67. The number of likely N-dealkylation sites (tertiary alicyclic amines) is 1. The van der Waals surface area contributed by atoms with Crippen molar-refractivity contribution in [3.05, 3.63) is 48.3 Å². The number of para-hydroxylation sites is 1. The van der Waals surface area contributed by atoms with E-state index >= 15 is 0 Å². The van der Waals surface area contributed by atoms with Crippen molar-refractivity contribution in [1.82, 2.24) is 19.7 Å². The number of aromatic nitrogens is 3. The van der Waals surface area contributed by atoms with Crippen molar-refractivity contribution in [1.29, 1.82) is 0 Å². The van der Waals surface area contributed by atoms with Gasteiger partial charge in [-0.3, -0.25) is 9.67 Å². The van der Waals surface area contributed by atoms with Gasteiger partial charge in [-0.25, -0.2) is 4.79 Å². The lowest BCUT2D eigenvalue weighted by Gasteiger charge is -2.37. The van der Waals surface area contributed by atoms with Crippen molar-refractivity contribution in [3.8, 4) is 11.3 Å². The monoisotopic (exact) mass is 392 g/mol. The zero-order valence-electron chi connectivity index (χ0n) is 16.6. The molecule has 2 aliphatic heterocycles. The number of hydrogen-bond donors (Lipinski definition) is 1. The molecule has 7 nitrogen and oxygen atoms in total. The molecular formula is C22H24N4O3. The third-order valence-electron chi connectivity index (χ3n) is 6.71. The maximum atomic E-state index is 11.9. The van der Waals surface area contributed by atoms with E-state index in [1.165, 1.54) is 0 Å². The fourth-order valence-electron chi connectivity index (χ4n) is 5.28. The summed E-state index contributed by atoms with van der Waals surface area (Å²) < 4.78 is 7.66. The van der Waals surface area contributed by atoms with Crippen LogP contribution >= 0.6 is 0 Å². The van der Waals surface area contributed by atoms with Crippen LogP contribution in [0.2, 0.25) is 0 Å². The largest absolute Gasteiger partial charge is 0.465 e. The Morgan fingerprint density at radius 3 is 2.86 bits per heavy atom. The summed E-state index contributed by atoms with van der Waals surface area (Å²) in [7, 11) is 1.65. The molecule has 1 spiro atoms. The van der Waals surface area contributed by atoms with Crippen LogP contribution in [0, 0.1) is 0 Å². The second kappa shape index (κ2) is 6.56.